The van der Waals surface area contributed by atoms with Gasteiger partial charge in [-0.05, 0) is 0 Å². The van der Waals surface area contributed by atoms with E-state index in [9.17, 15) is 4.79 Å². The molecule has 0 spiro atoms. The van der Waals surface area contributed by atoms with Gasteiger partial charge in [-0.1, -0.05) is 0 Å². The lowest BCUT2D eigenvalue weighted by atomic mass is 10.2. The van der Waals surface area contributed by atoms with E-state index in [-0.39, 0.29) is 36.3 Å². The number of nitriles is 1. The van der Waals surface area contributed by atoms with Gasteiger partial charge in [0.1, 0.15) is 0 Å². The lowest BCUT2D eigenvalue weighted by molar-refractivity contribution is 0.0974. The second kappa shape index (κ2) is 4.13. The molecule has 7 nitrogen and oxygen atoms in total. The Morgan fingerprint density at radius 2 is 1.86 bits per heavy atom. The molecule has 1 aromatic heterocycles. The Balaban J connectivity index is 2.85. The summed E-state index contributed by atoms with van der Waals surface area (Å²) in [6, 6.07) is 1.84. The number of carbonyl (C=O) groups is 1. The lowest BCUT2D eigenvalue weighted by Gasteiger charge is -1.98. The first-order chi connectivity index (χ1) is 6.63. The van der Waals surface area contributed by atoms with Crippen LogP contribution in [-0.2, 0) is 0 Å². The number of nitrogens with zero attached hydrogens (tertiary/aromatic N) is 4. The van der Waals surface area contributed by atoms with Crippen molar-refractivity contribution in [3.63, 3.8) is 0 Å². The van der Waals surface area contributed by atoms with Gasteiger partial charge in [-0.15, -0.1) is 0 Å². The quantitative estimate of drug-likeness (QED) is 0.618. The molecule has 0 saturated heterocycles. The van der Waals surface area contributed by atoms with Crippen LogP contribution in [-0.4, -0.2) is 20.7 Å². The lowest BCUT2D eigenvalue weighted by Crippen LogP contribution is -2.11. The fraction of sp³-hybridized carbons (Fsp3) is 0.286. The second-order valence-electron chi connectivity index (χ2n) is 2.46. The Morgan fingerprint density at radius 1 is 1.29 bits per heavy atom. The van der Waals surface area contributed by atoms with E-state index in [1.54, 1.807) is 0 Å². The number of aromatic nitrogens is 3. The van der Waals surface area contributed by atoms with Gasteiger partial charge in [0, 0.05) is 12.8 Å². The van der Waals surface area contributed by atoms with Crippen molar-refractivity contribution in [3.05, 3.63) is 5.82 Å². The van der Waals surface area contributed by atoms with Crippen LogP contribution in [0.2, 0.25) is 0 Å². The summed E-state index contributed by atoms with van der Waals surface area (Å²) in [5.41, 5.74) is 10.5. The van der Waals surface area contributed by atoms with E-state index in [4.69, 9.17) is 16.7 Å². The predicted octanol–water partition coefficient (Wildman–Crippen LogP) is -0.478. The Kier molecular flexibility index (Phi) is 2.91. The van der Waals surface area contributed by atoms with Gasteiger partial charge in [-0.25, -0.2) is 0 Å². The van der Waals surface area contributed by atoms with Gasteiger partial charge >= 0.3 is 0 Å². The van der Waals surface area contributed by atoms with E-state index in [2.05, 4.69) is 15.0 Å². The third-order valence-corrected chi connectivity index (χ3v) is 1.38. The highest BCUT2D eigenvalue weighted by molar-refractivity contribution is 5.92. The van der Waals surface area contributed by atoms with Crippen molar-refractivity contribution >= 4 is 17.7 Å². The molecule has 0 unspecified atom stereocenters. The molecule has 0 saturated carbocycles. The largest absolute Gasteiger partial charge is 0.368 e. The highest BCUT2D eigenvalue weighted by Gasteiger charge is 2.10. The summed E-state index contributed by atoms with van der Waals surface area (Å²) in [4.78, 5) is 22.0. The van der Waals surface area contributed by atoms with Gasteiger partial charge < -0.3 is 11.5 Å². The number of ketones is 1. The molecule has 14 heavy (non-hydrogen) atoms. The molecule has 0 radical (unpaired) electrons. The van der Waals surface area contributed by atoms with Crippen molar-refractivity contribution in [2.45, 2.75) is 12.8 Å². The van der Waals surface area contributed by atoms with Crippen LogP contribution >= 0.6 is 0 Å². The molecular formula is C7H8N6O. The van der Waals surface area contributed by atoms with Gasteiger partial charge in [0.05, 0.1) is 6.07 Å². The first-order valence-corrected chi connectivity index (χ1v) is 3.80. The summed E-state index contributed by atoms with van der Waals surface area (Å²) in [6.45, 7) is 0. The predicted molar refractivity (Wildman–Crippen MR) is 47.8 cm³/mol. The van der Waals surface area contributed by atoms with Crippen LogP contribution < -0.4 is 11.5 Å². The van der Waals surface area contributed by atoms with Crippen LogP contribution in [0.25, 0.3) is 0 Å². The molecule has 0 aliphatic rings. The average molecular weight is 192 g/mol. The monoisotopic (exact) mass is 192 g/mol. The van der Waals surface area contributed by atoms with E-state index in [0.29, 0.717) is 0 Å². The van der Waals surface area contributed by atoms with Crippen LogP contribution in [0, 0.1) is 11.3 Å². The third kappa shape index (κ3) is 2.38. The molecule has 1 aromatic rings. The number of nitrogens with two attached hydrogens (primary N) is 2. The molecule has 0 amide bonds. The van der Waals surface area contributed by atoms with E-state index in [1.165, 1.54) is 0 Å². The SMILES string of the molecule is N#CCCC(=O)c1nc(N)nc(N)n1. The molecule has 0 aliphatic carbocycles. The van der Waals surface area contributed by atoms with Gasteiger partial charge in [-0.2, -0.15) is 20.2 Å². The topological polar surface area (TPSA) is 132 Å². The fourth-order valence-electron chi connectivity index (χ4n) is 0.815. The van der Waals surface area contributed by atoms with Crippen molar-refractivity contribution in [1.82, 2.24) is 15.0 Å². The van der Waals surface area contributed by atoms with Gasteiger partial charge in [0.15, 0.2) is 0 Å². The minimum atomic E-state index is -0.368. The van der Waals surface area contributed by atoms with E-state index >= 15 is 0 Å². The van der Waals surface area contributed by atoms with Crippen LogP contribution in [0.15, 0.2) is 0 Å². The van der Waals surface area contributed by atoms with Crippen molar-refractivity contribution in [1.29, 1.82) is 5.26 Å². The standard InChI is InChI=1S/C7H8N6O/c8-3-1-2-4(14)5-11-6(9)13-7(10)12-5/h1-2H2,(H4,9,10,11,12,13). The van der Waals surface area contributed by atoms with Gasteiger partial charge in [0.2, 0.25) is 23.5 Å². The molecule has 0 fully saturated rings. The fourth-order valence-corrected chi connectivity index (χ4v) is 0.815. The molecule has 0 atom stereocenters. The molecule has 4 N–H and O–H groups in total. The molecule has 0 aromatic carbocycles. The van der Waals surface area contributed by atoms with Gasteiger partial charge in [0.25, 0.3) is 0 Å². The van der Waals surface area contributed by atoms with Crippen LogP contribution in [0.5, 0.6) is 0 Å². The number of anilines is 2. The average Bonchev–Trinajstić information content (AvgIpc) is 2.12. The molecule has 7 heteroatoms. The van der Waals surface area contributed by atoms with Crippen LogP contribution in [0.3, 0.4) is 0 Å². The first-order valence-electron chi connectivity index (χ1n) is 3.80. The Hall–Kier alpha value is -2.23. The van der Waals surface area contributed by atoms with Crippen LogP contribution in [0.1, 0.15) is 23.5 Å². The normalized spacial score (nSPS) is 9.36. The number of nitrogen functional groups attached to an aromatic ring is 2. The molecule has 1 rings (SSSR count). The van der Waals surface area contributed by atoms with Crippen molar-refractivity contribution < 1.29 is 4.79 Å². The zero-order valence-electron chi connectivity index (χ0n) is 7.27. The first kappa shape index (κ1) is 9.85. The molecule has 1 heterocycles. The zero-order valence-corrected chi connectivity index (χ0v) is 7.27. The zero-order chi connectivity index (χ0) is 10.6. The Bertz CT molecular complexity index is 375. The minimum absolute atomic E-state index is 0.0550. The summed E-state index contributed by atoms with van der Waals surface area (Å²) in [5.74, 6) is -0.659. The van der Waals surface area contributed by atoms with E-state index in [0.717, 1.165) is 0 Å². The van der Waals surface area contributed by atoms with E-state index < -0.39 is 0 Å². The summed E-state index contributed by atoms with van der Waals surface area (Å²) in [6.07, 6.45) is 0.170. The van der Waals surface area contributed by atoms with Crippen molar-refractivity contribution in [2.24, 2.45) is 0 Å². The maximum Gasteiger partial charge on any atom is 0.225 e. The molecule has 0 bridgehead atoms. The van der Waals surface area contributed by atoms with Crippen molar-refractivity contribution in [3.8, 4) is 6.07 Å². The smallest absolute Gasteiger partial charge is 0.225 e. The maximum atomic E-state index is 11.3. The number of Topliss-reactive ketones (excluding diaryl/α,β-unsaturated/α-hetero) is 1. The number of rotatable bonds is 3. The molecular weight excluding hydrogens is 184 g/mol. The highest BCUT2D eigenvalue weighted by atomic mass is 16.1. The summed E-state index contributed by atoms with van der Waals surface area (Å²) in [7, 11) is 0. The molecule has 72 valence electrons. The summed E-state index contributed by atoms with van der Waals surface area (Å²) < 4.78 is 0. The number of hydrogen-bond acceptors (Lipinski definition) is 7. The third-order valence-electron chi connectivity index (χ3n) is 1.38. The Morgan fingerprint density at radius 3 is 2.36 bits per heavy atom. The van der Waals surface area contributed by atoms with E-state index in [1.807, 2.05) is 6.07 Å². The minimum Gasteiger partial charge on any atom is -0.368 e. The number of hydrogen-bond donors (Lipinski definition) is 2. The Labute approximate surface area is 79.8 Å². The summed E-state index contributed by atoms with van der Waals surface area (Å²) >= 11 is 0. The highest BCUT2D eigenvalue weighted by Crippen LogP contribution is 2.03. The second-order valence-corrected chi connectivity index (χ2v) is 2.46. The van der Waals surface area contributed by atoms with Crippen LogP contribution in [0.4, 0.5) is 11.9 Å². The molecule has 0 aliphatic heterocycles. The number of carbonyl (C=O) groups excluding carboxylic acids is 1. The van der Waals surface area contributed by atoms with Gasteiger partial charge in [-0.3, -0.25) is 4.79 Å². The maximum absolute atomic E-state index is 11.3. The van der Waals surface area contributed by atoms with Crippen molar-refractivity contribution in [2.75, 3.05) is 11.5 Å². The summed E-state index contributed by atoms with van der Waals surface area (Å²) in [5, 5.41) is 8.27.